The quantitative estimate of drug-likeness (QED) is 0.339. The van der Waals surface area contributed by atoms with Gasteiger partial charge in [-0.25, -0.2) is 0 Å². The molecule has 136 valence electrons. The molecule has 0 saturated carbocycles. The van der Waals surface area contributed by atoms with E-state index >= 15 is 0 Å². The van der Waals surface area contributed by atoms with Gasteiger partial charge >= 0.3 is 5.97 Å². The second-order valence-corrected chi connectivity index (χ2v) is 6.08. The standard InChI is InChI=1S/C23H26O3/c1-5-6-12-22(17(2)19-10-8-7-9-11-19)23(26-18(3)24)20-13-15-21(25-4)16-14-20/h7-11,13-16H,2,5-6,12H2,1,3-4H3/b23-22+. The molecule has 2 rings (SSSR count). The molecule has 0 saturated heterocycles. The van der Waals surface area contributed by atoms with Crippen LogP contribution in [0.5, 0.6) is 5.75 Å². The maximum absolute atomic E-state index is 11.8. The SMILES string of the molecule is C=C(/C(CCCC)=C(/OC(C)=O)c1ccc(OC)cc1)c1ccccc1. The van der Waals surface area contributed by atoms with Crippen LogP contribution >= 0.6 is 0 Å². The number of carbonyl (C=O) groups is 1. The van der Waals surface area contributed by atoms with E-state index in [1.807, 2.05) is 54.6 Å². The molecule has 0 N–H and O–H groups in total. The van der Waals surface area contributed by atoms with Crippen molar-refractivity contribution < 1.29 is 14.3 Å². The van der Waals surface area contributed by atoms with Crippen LogP contribution in [0.4, 0.5) is 0 Å². The summed E-state index contributed by atoms with van der Waals surface area (Å²) in [5, 5.41) is 0. The van der Waals surface area contributed by atoms with Gasteiger partial charge in [0.1, 0.15) is 11.5 Å². The Morgan fingerprint density at radius 1 is 1.00 bits per heavy atom. The van der Waals surface area contributed by atoms with E-state index in [2.05, 4.69) is 13.5 Å². The van der Waals surface area contributed by atoms with Gasteiger partial charge in [0.2, 0.25) is 0 Å². The first-order valence-electron chi connectivity index (χ1n) is 8.87. The lowest BCUT2D eigenvalue weighted by Gasteiger charge is -2.18. The summed E-state index contributed by atoms with van der Waals surface area (Å²) in [5.41, 5.74) is 3.70. The predicted octanol–water partition coefficient (Wildman–Crippen LogP) is 5.87. The Morgan fingerprint density at radius 3 is 2.19 bits per heavy atom. The highest BCUT2D eigenvalue weighted by Gasteiger charge is 2.17. The fraction of sp³-hybridized carbons (Fsp3) is 0.261. The normalized spacial score (nSPS) is 11.5. The predicted molar refractivity (Wildman–Crippen MR) is 107 cm³/mol. The molecule has 0 aliphatic rings. The number of unbranched alkanes of at least 4 members (excludes halogenated alkanes) is 1. The summed E-state index contributed by atoms with van der Waals surface area (Å²) in [4.78, 5) is 11.8. The minimum Gasteiger partial charge on any atom is -0.497 e. The number of ether oxygens (including phenoxy) is 2. The Bertz CT molecular complexity index is 771. The highest BCUT2D eigenvalue weighted by molar-refractivity contribution is 5.89. The van der Waals surface area contributed by atoms with E-state index < -0.39 is 0 Å². The van der Waals surface area contributed by atoms with Crippen molar-refractivity contribution in [3.63, 3.8) is 0 Å². The molecule has 0 heterocycles. The molecule has 2 aromatic carbocycles. The highest BCUT2D eigenvalue weighted by Crippen LogP contribution is 2.34. The van der Waals surface area contributed by atoms with Gasteiger partial charge in [-0.15, -0.1) is 0 Å². The first kappa shape index (κ1) is 19.5. The summed E-state index contributed by atoms with van der Waals surface area (Å²) >= 11 is 0. The van der Waals surface area contributed by atoms with Gasteiger partial charge in [0.05, 0.1) is 7.11 Å². The Balaban J connectivity index is 2.56. The lowest BCUT2D eigenvalue weighted by Crippen LogP contribution is -2.04. The summed E-state index contributed by atoms with van der Waals surface area (Å²) in [6, 6.07) is 17.5. The number of methoxy groups -OCH3 is 1. The lowest BCUT2D eigenvalue weighted by molar-refractivity contribution is -0.134. The third kappa shape index (κ3) is 5.09. The Morgan fingerprint density at radius 2 is 1.65 bits per heavy atom. The minimum atomic E-state index is -0.342. The van der Waals surface area contributed by atoms with E-state index in [1.165, 1.54) is 6.92 Å². The number of benzene rings is 2. The van der Waals surface area contributed by atoms with Crippen molar-refractivity contribution in [3.05, 3.63) is 77.9 Å². The van der Waals surface area contributed by atoms with Crippen LogP contribution in [-0.2, 0) is 9.53 Å². The third-order valence-corrected chi connectivity index (χ3v) is 4.14. The van der Waals surface area contributed by atoms with Gasteiger partial charge < -0.3 is 9.47 Å². The van der Waals surface area contributed by atoms with Crippen molar-refractivity contribution in [3.8, 4) is 5.75 Å². The average Bonchev–Trinajstić information content (AvgIpc) is 2.67. The van der Waals surface area contributed by atoms with E-state index in [0.717, 1.165) is 47.3 Å². The lowest BCUT2D eigenvalue weighted by atomic mass is 9.92. The van der Waals surface area contributed by atoms with Crippen molar-refractivity contribution in [1.29, 1.82) is 0 Å². The number of carbonyl (C=O) groups excluding carboxylic acids is 1. The Labute approximate surface area is 156 Å². The zero-order chi connectivity index (χ0) is 18.9. The van der Waals surface area contributed by atoms with Crippen molar-refractivity contribution in [2.75, 3.05) is 7.11 Å². The Hall–Kier alpha value is -2.81. The molecule has 3 heteroatoms. The molecule has 0 radical (unpaired) electrons. The molecule has 0 atom stereocenters. The number of esters is 1. The average molecular weight is 350 g/mol. The van der Waals surface area contributed by atoms with Crippen LogP contribution in [-0.4, -0.2) is 13.1 Å². The number of allylic oxidation sites excluding steroid dienone is 2. The fourth-order valence-electron chi connectivity index (χ4n) is 2.75. The van der Waals surface area contributed by atoms with Crippen LogP contribution in [0.3, 0.4) is 0 Å². The fourth-order valence-corrected chi connectivity index (χ4v) is 2.75. The molecule has 0 bridgehead atoms. The molecular formula is C23H26O3. The van der Waals surface area contributed by atoms with E-state index in [9.17, 15) is 4.79 Å². The van der Waals surface area contributed by atoms with Gasteiger partial charge in [0.15, 0.2) is 0 Å². The zero-order valence-electron chi connectivity index (χ0n) is 15.7. The molecule has 0 aliphatic heterocycles. The smallest absolute Gasteiger partial charge is 0.308 e. The van der Waals surface area contributed by atoms with E-state index in [0.29, 0.717) is 5.76 Å². The molecule has 0 spiro atoms. The Kier molecular flexibility index (Phi) is 7.22. The maximum Gasteiger partial charge on any atom is 0.308 e. The monoisotopic (exact) mass is 350 g/mol. The zero-order valence-corrected chi connectivity index (χ0v) is 15.7. The van der Waals surface area contributed by atoms with Crippen molar-refractivity contribution in [1.82, 2.24) is 0 Å². The minimum absolute atomic E-state index is 0.342. The summed E-state index contributed by atoms with van der Waals surface area (Å²) in [5.74, 6) is 0.987. The summed E-state index contributed by atoms with van der Waals surface area (Å²) in [6.07, 6.45) is 2.82. The van der Waals surface area contributed by atoms with Crippen molar-refractivity contribution in [2.45, 2.75) is 33.1 Å². The van der Waals surface area contributed by atoms with Crippen LogP contribution in [0.25, 0.3) is 11.3 Å². The van der Waals surface area contributed by atoms with Crippen LogP contribution < -0.4 is 4.74 Å². The molecule has 26 heavy (non-hydrogen) atoms. The van der Waals surface area contributed by atoms with E-state index in [4.69, 9.17) is 9.47 Å². The van der Waals surface area contributed by atoms with Gasteiger partial charge in [0.25, 0.3) is 0 Å². The summed E-state index contributed by atoms with van der Waals surface area (Å²) in [6.45, 7) is 7.86. The second kappa shape index (κ2) is 9.62. The van der Waals surface area contributed by atoms with Crippen LogP contribution in [0.1, 0.15) is 44.2 Å². The van der Waals surface area contributed by atoms with Gasteiger partial charge in [-0.05, 0) is 48.2 Å². The molecule has 0 amide bonds. The summed E-state index contributed by atoms with van der Waals surface area (Å²) < 4.78 is 10.9. The van der Waals surface area contributed by atoms with Gasteiger partial charge in [-0.2, -0.15) is 0 Å². The van der Waals surface area contributed by atoms with Crippen molar-refractivity contribution in [2.24, 2.45) is 0 Å². The number of hydrogen-bond donors (Lipinski definition) is 0. The van der Waals surface area contributed by atoms with Crippen LogP contribution in [0, 0.1) is 0 Å². The highest BCUT2D eigenvalue weighted by atomic mass is 16.5. The number of hydrogen-bond acceptors (Lipinski definition) is 3. The van der Waals surface area contributed by atoms with E-state index in [-0.39, 0.29) is 5.97 Å². The van der Waals surface area contributed by atoms with Gasteiger partial charge in [-0.3, -0.25) is 4.79 Å². The largest absolute Gasteiger partial charge is 0.497 e. The number of rotatable bonds is 8. The first-order valence-corrected chi connectivity index (χ1v) is 8.87. The topological polar surface area (TPSA) is 35.5 Å². The molecular weight excluding hydrogens is 324 g/mol. The molecule has 0 aliphatic carbocycles. The molecule has 2 aromatic rings. The van der Waals surface area contributed by atoms with Crippen molar-refractivity contribution >= 4 is 17.3 Å². The van der Waals surface area contributed by atoms with Gasteiger partial charge in [0, 0.05) is 18.1 Å². The molecule has 0 unspecified atom stereocenters. The molecule has 0 fully saturated rings. The first-order chi connectivity index (χ1) is 12.6. The molecule has 0 aromatic heterocycles. The van der Waals surface area contributed by atoms with Crippen LogP contribution in [0.15, 0.2) is 66.7 Å². The van der Waals surface area contributed by atoms with Gasteiger partial charge in [-0.1, -0.05) is 50.3 Å². The molecule has 3 nitrogen and oxygen atoms in total. The van der Waals surface area contributed by atoms with E-state index in [1.54, 1.807) is 7.11 Å². The third-order valence-electron chi connectivity index (χ3n) is 4.14. The summed E-state index contributed by atoms with van der Waals surface area (Å²) in [7, 11) is 1.63. The maximum atomic E-state index is 11.8. The van der Waals surface area contributed by atoms with Crippen LogP contribution in [0.2, 0.25) is 0 Å². The second-order valence-electron chi connectivity index (χ2n) is 6.08.